The molecule has 0 N–H and O–H groups in total. The molecule has 3 atom stereocenters. The van der Waals surface area contributed by atoms with Crippen LogP contribution in [0.4, 0.5) is 17.6 Å². The normalized spacial score (nSPS) is 21.4. The Labute approximate surface area is 230 Å². The molecule has 1 aromatic carbocycles. The molecule has 1 radical (unpaired) electrons. The predicted octanol–water partition coefficient (Wildman–Crippen LogP) is 6.44. The first-order valence-electron chi connectivity index (χ1n) is 12.3. The summed E-state index contributed by atoms with van der Waals surface area (Å²) >= 11 is 7.90. The highest BCUT2D eigenvalue weighted by Gasteiger charge is 2.34. The van der Waals surface area contributed by atoms with Crippen LogP contribution in [-0.4, -0.2) is 47.3 Å². The fraction of sp³-hybridized carbons (Fsp3) is 0.480. The number of benzene rings is 1. The van der Waals surface area contributed by atoms with Gasteiger partial charge in [-0.05, 0) is 31.0 Å². The predicted molar refractivity (Wildman–Crippen MR) is 136 cm³/mol. The van der Waals surface area contributed by atoms with E-state index >= 15 is 0 Å². The van der Waals surface area contributed by atoms with E-state index in [2.05, 4.69) is 15.6 Å². The van der Waals surface area contributed by atoms with E-state index < -0.39 is 36.5 Å². The third kappa shape index (κ3) is 6.06. The largest absolute Gasteiger partial charge is 0.491 e. The molecule has 2 aliphatic rings. The number of hydrogen-bond donors (Lipinski definition) is 0. The summed E-state index contributed by atoms with van der Waals surface area (Å²) in [4.78, 5) is 10.5. The lowest BCUT2D eigenvalue weighted by Gasteiger charge is -2.29. The van der Waals surface area contributed by atoms with E-state index in [4.69, 9.17) is 30.9 Å². The van der Waals surface area contributed by atoms with Gasteiger partial charge >= 0.3 is 0 Å². The van der Waals surface area contributed by atoms with Gasteiger partial charge < -0.3 is 14.3 Å². The van der Waals surface area contributed by atoms with E-state index in [1.165, 1.54) is 11.3 Å². The Morgan fingerprint density at radius 2 is 2.05 bits per heavy atom. The molecule has 5 rings (SSSR count). The fourth-order valence-electron chi connectivity index (χ4n) is 4.65. The molecule has 3 aromatic rings. The van der Waals surface area contributed by atoms with E-state index in [-0.39, 0.29) is 5.92 Å². The molecule has 1 saturated heterocycles. The number of halogens is 5. The molecular weight excluding hydrogens is 562 g/mol. The topological polar surface area (TPSA) is 84.9 Å². The number of nitrogens with zero attached hydrogens (tertiary/aromatic N) is 5. The summed E-state index contributed by atoms with van der Waals surface area (Å²) < 4.78 is 65.1. The van der Waals surface area contributed by atoms with Crippen LogP contribution in [-0.2, 0) is 9.57 Å². The first-order valence-corrected chi connectivity index (χ1v) is 13.5. The van der Waals surface area contributed by atoms with Gasteiger partial charge in [-0.1, -0.05) is 22.8 Å². The van der Waals surface area contributed by atoms with Gasteiger partial charge in [-0.2, -0.15) is 5.10 Å². The van der Waals surface area contributed by atoms with Crippen LogP contribution in [0.25, 0.3) is 0 Å². The van der Waals surface area contributed by atoms with Crippen LogP contribution >= 0.6 is 22.9 Å². The lowest BCUT2D eigenvalue weighted by atomic mass is 9.96. The van der Waals surface area contributed by atoms with Crippen LogP contribution in [0.5, 0.6) is 5.75 Å². The molecule has 14 heteroatoms. The maximum absolute atomic E-state index is 13.5. The third-order valence-electron chi connectivity index (χ3n) is 6.54. The summed E-state index contributed by atoms with van der Waals surface area (Å²) in [5, 5.41) is 15.5. The number of methoxy groups -OCH3 is 1. The van der Waals surface area contributed by atoms with E-state index in [9.17, 15) is 17.6 Å². The van der Waals surface area contributed by atoms with Gasteiger partial charge in [0.05, 0.1) is 27.9 Å². The number of thiazole rings is 1. The number of oxime groups is 1. The Kier molecular flexibility index (Phi) is 8.70. The zero-order valence-corrected chi connectivity index (χ0v) is 22.3. The fourth-order valence-corrected chi connectivity index (χ4v) is 5.91. The van der Waals surface area contributed by atoms with Crippen molar-refractivity contribution in [2.24, 2.45) is 5.16 Å². The van der Waals surface area contributed by atoms with E-state index in [0.717, 1.165) is 15.8 Å². The smallest absolute Gasteiger partial charge is 0.282 e. The van der Waals surface area contributed by atoms with Gasteiger partial charge in [-0.25, -0.2) is 32.5 Å². The Hall–Kier alpha value is -2.74. The van der Waals surface area contributed by atoms with Crippen molar-refractivity contribution in [3.05, 3.63) is 62.3 Å². The lowest BCUT2D eigenvalue weighted by molar-refractivity contribution is 0.0814. The second kappa shape index (κ2) is 12.2. The van der Waals surface area contributed by atoms with E-state index in [1.807, 2.05) is 11.4 Å². The van der Waals surface area contributed by atoms with E-state index in [0.29, 0.717) is 66.8 Å². The SMILES string of the molecule is COCCOc1cccc(Cl)c1C1CC(c2csc(C3CC[N]C(n4nc(C(F)F)cc4C(F)F)C3)n2)=NO1. The van der Waals surface area contributed by atoms with Crippen molar-refractivity contribution in [3.63, 3.8) is 0 Å². The van der Waals surface area contributed by atoms with E-state index in [1.54, 1.807) is 19.2 Å². The van der Waals surface area contributed by atoms with Crippen LogP contribution < -0.4 is 10.1 Å². The highest BCUT2D eigenvalue weighted by molar-refractivity contribution is 7.10. The van der Waals surface area contributed by atoms with Crippen molar-refractivity contribution in [1.29, 1.82) is 0 Å². The van der Waals surface area contributed by atoms with Gasteiger partial charge in [0, 0.05) is 31.4 Å². The number of aromatic nitrogens is 3. The first-order chi connectivity index (χ1) is 18.9. The van der Waals surface area contributed by atoms with Gasteiger partial charge in [0.25, 0.3) is 12.9 Å². The Bertz CT molecular complexity index is 1320. The zero-order valence-electron chi connectivity index (χ0n) is 20.8. The molecule has 2 aromatic heterocycles. The molecule has 3 unspecified atom stereocenters. The summed E-state index contributed by atoms with van der Waals surface area (Å²) in [6.45, 7) is 1.16. The minimum absolute atomic E-state index is 0.0981. The zero-order chi connectivity index (χ0) is 27.5. The number of hydrogen-bond acceptors (Lipinski definition) is 7. The monoisotopic (exact) mass is 586 g/mol. The highest BCUT2D eigenvalue weighted by atomic mass is 35.5. The minimum atomic E-state index is -2.94. The van der Waals surface area contributed by atoms with Gasteiger partial charge in [-0.15, -0.1) is 11.3 Å². The second-order valence-electron chi connectivity index (χ2n) is 9.05. The molecule has 0 amide bonds. The van der Waals surface area contributed by atoms with Crippen LogP contribution in [0.2, 0.25) is 5.02 Å². The van der Waals surface area contributed by atoms with Crippen molar-refractivity contribution < 1.29 is 31.9 Å². The molecule has 2 aliphatic heterocycles. The van der Waals surface area contributed by atoms with Crippen LogP contribution in [0, 0.1) is 0 Å². The summed E-state index contributed by atoms with van der Waals surface area (Å²) in [5.74, 6) is 0.493. The standard InChI is InChI=1S/C25H25ClF4N5O3S/c1-36-7-8-37-19-4-2-3-14(26)22(19)20-11-15(34-38-20)17-12-39-25(32-17)13-5-6-31-21(9-13)35-18(24(29)30)10-16(33-35)23(27)28/h2-4,10,12-13,20-21,23-24H,5-9,11H2,1H3. The summed E-state index contributed by atoms with van der Waals surface area (Å²) in [7, 11) is 1.59. The maximum Gasteiger partial charge on any atom is 0.282 e. The minimum Gasteiger partial charge on any atom is -0.491 e. The van der Waals surface area contributed by atoms with Crippen molar-refractivity contribution in [1.82, 2.24) is 20.1 Å². The molecule has 39 heavy (non-hydrogen) atoms. The van der Waals surface area contributed by atoms with Crippen molar-refractivity contribution in [2.45, 2.75) is 50.3 Å². The molecular formula is C25H25ClF4N5O3S. The van der Waals surface area contributed by atoms with Gasteiger partial charge in [0.1, 0.15) is 35.6 Å². The second-order valence-corrected chi connectivity index (χ2v) is 10.3. The van der Waals surface area contributed by atoms with Crippen LogP contribution in [0.15, 0.2) is 34.8 Å². The number of piperidine rings is 1. The molecule has 209 valence electrons. The molecule has 0 saturated carbocycles. The lowest BCUT2D eigenvalue weighted by Crippen LogP contribution is -2.31. The number of alkyl halides is 4. The third-order valence-corrected chi connectivity index (χ3v) is 7.88. The number of ether oxygens (including phenoxy) is 2. The maximum atomic E-state index is 13.5. The Morgan fingerprint density at radius 3 is 2.82 bits per heavy atom. The first kappa shape index (κ1) is 27.8. The summed E-state index contributed by atoms with van der Waals surface area (Å²) in [5.41, 5.74) is 0.749. The highest BCUT2D eigenvalue weighted by Crippen LogP contribution is 2.41. The molecule has 0 aliphatic carbocycles. The molecule has 8 nitrogen and oxygen atoms in total. The average molecular weight is 587 g/mol. The molecule has 1 fully saturated rings. The molecule has 0 spiro atoms. The Morgan fingerprint density at radius 1 is 1.21 bits per heavy atom. The Balaban J connectivity index is 1.28. The van der Waals surface area contributed by atoms with Gasteiger partial charge in [-0.3, -0.25) is 0 Å². The quantitative estimate of drug-likeness (QED) is 0.202. The molecule has 4 heterocycles. The van der Waals surface area contributed by atoms with Gasteiger partial charge in [0.15, 0.2) is 6.10 Å². The van der Waals surface area contributed by atoms with Crippen molar-refractivity contribution in [3.8, 4) is 5.75 Å². The summed E-state index contributed by atoms with van der Waals surface area (Å²) in [6.07, 6.45) is -5.70. The van der Waals surface area contributed by atoms with Gasteiger partial charge in [0.2, 0.25) is 0 Å². The van der Waals surface area contributed by atoms with Crippen molar-refractivity contribution >= 4 is 28.6 Å². The average Bonchev–Trinajstić information content (AvgIpc) is 3.69. The molecule has 0 bridgehead atoms. The summed E-state index contributed by atoms with van der Waals surface area (Å²) in [6, 6.07) is 6.11. The van der Waals surface area contributed by atoms with Crippen molar-refractivity contribution in [2.75, 3.05) is 26.9 Å². The number of rotatable bonds is 10. The van der Waals surface area contributed by atoms with Crippen LogP contribution in [0.1, 0.15) is 78.0 Å². The van der Waals surface area contributed by atoms with Crippen LogP contribution in [0.3, 0.4) is 0 Å².